The van der Waals surface area contributed by atoms with Gasteiger partial charge in [0.05, 0.1) is 22.7 Å². The lowest BCUT2D eigenvalue weighted by Crippen LogP contribution is -2.61. The summed E-state index contributed by atoms with van der Waals surface area (Å²) in [6, 6.07) is 118. The number of hydrogen-bond acceptors (Lipinski definition) is 5. The van der Waals surface area contributed by atoms with Gasteiger partial charge in [0.2, 0.25) is 0 Å². The van der Waals surface area contributed by atoms with Crippen LogP contribution in [0.3, 0.4) is 0 Å². The molecule has 0 atom stereocenters. The van der Waals surface area contributed by atoms with Crippen LogP contribution < -0.4 is 51.0 Å². The summed E-state index contributed by atoms with van der Waals surface area (Å²) in [4.78, 5) is 10.5. The van der Waals surface area contributed by atoms with E-state index >= 15 is 0 Å². The summed E-state index contributed by atoms with van der Waals surface area (Å²) < 4.78 is 2.73. The van der Waals surface area contributed by atoms with Crippen molar-refractivity contribution in [2.24, 2.45) is 0 Å². The number of fused-ring (bicyclic) bond motifs is 11. The molecule has 412 valence electrons. The number of thiophene rings is 1. The molecule has 0 fully saturated rings. The Balaban J connectivity index is 0.892. The summed E-state index contributed by atoms with van der Waals surface area (Å²) in [7, 11) is 0. The van der Waals surface area contributed by atoms with Gasteiger partial charge in [-0.05, 0) is 174 Å². The molecule has 19 rings (SSSR count). The lowest BCUT2D eigenvalue weighted by Gasteiger charge is -2.49. The van der Waals surface area contributed by atoms with Gasteiger partial charge in [0.15, 0.2) is 0 Å². The Bertz CT molecular complexity index is 4740. The van der Waals surface area contributed by atoms with Crippen molar-refractivity contribution >= 4 is 124 Å². The quantitative estimate of drug-likeness (QED) is 0.141. The third-order valence-electron chi connectivity index (χ3n) is 19.0. The minimum Gasteiger partial charge on any atom is -0.311 e. The van der Waals surface area contributed by atoms with E-state index in [0.717, 1.165) is 22.7 Å². The summed E-state index contributed by atoms with van der Waals surface area (Å²) in [6.45, 7) is -0.154. The Labute approximate surface area is 522 Å². The first kappa shape index (κ1) is 50.1. The second-order valence-corrected chi connectivity index (χ2v) is 25.0. The summed E-state index contributed by atoms with van der Waals surface area (Å²) in [5.41, 5.74) is 33.7. The van der Waals surface area contributed by atoms with E-state index in [1.54, 1.807) is 0 Å². The molecule has 7 heteroatoms. The van der Waals surface area contributed by atoms with Gasteiger partial charge in [0, 0.05) is 55.1 Å². The molecule has 89 heavy (non-hydrogen) atoms. The molecule has 4 nitrogen and oxygen atoms in total. The van der Waals surface area contributed by atoms with Gasteiger partial charge < -0.3 is 19.6 Å². The molecule has 0 spiro atoms. The zero-order valence-electron chi connectivity index (χ0n) is 48.4. The molecule has 0 radical (unpaired) electrons. The van der Waals surface area contributed by atoms with Crippen LogP contribution in [0.1, 0.15) is 0 Å². The fourth-order valence-corrected chi connectivity index (χ4v) is 16.8. The Morgan fingerprint density at radius 2 is 0.449 bits per heavy atom. The standard InChI is InChI=1S/C82H52B2N4S/c1-7-25-53(26-8-1)59-43-60(54-27-9-2-10-28-54)46-65(45-59)85-69-39-21-19-37-67(69)83-77-73(85)49-63(57-33-15-5-16-34-57)51-75(77)87-71-41-23-24-42-72(71)88-76-52-64(58-35-17-6-18-36-58)50-74-78(76)84(82-80(88)79(87)81(83)89-82)68-38-20-22-40-70(68)86(74)66-47-61(55-29-11-3-12-30-55)44-62(48-66)56-31-13-4-14-32-56/h1-52H. The SMILES string of the molecule is c1ccc(-c2cc(-c3ccccc3)cc(N3c4ccccc4B4c5sc6c7c5N(c5ccccc5N7c5cc(-c7ccccc7)cc7c5B6c5ccccc5N7c5cc(-c6ccccc6)cc(-c6ccccc6)c5)c5cc(-c6ccccc6)cc3c54)c2)cc1. The van der Waals surface area contributed by atoms with E-state index in [1.165, 1.54) is 144 Å². The maximum Gasteiger partial charge on any atom is 0.264 e. The van der Waals surface area contributed by atoms with Crippen molar-refractivity contribution in [1.82, 2.24) is 0 Å². The van der Waals surface area contributed by atoms with Gasteiger partial charge in [-0.25, -0.2) is 0 Å². The molecular weight excluding hydrogens is 1090 g/mol. The fraction of sp³-hybridized carbons (Fsp3) is 0. The Hall–Kier alpha value is -11.1. The largest absolute Gasteiger partial charge is 0.311 e. The highest BCUT2D eigenvalue weighted by atomic mass is 32.1. The van der Waals surface area contributed by atoms with E-state index in [1.807, 2.05) is 11.3 Å². The lowest BCUT2D eigenvalue weighted by atomic mass is 9.35. The molecular formula is C82H52B2N4S. The predicted octanol–water partition coefficient (Wildman–Crippen LogP) is 18.2. The normalized spacial score (nSPS) is 13.3. The van der Waals surface area contributed by atoms with Crippen molar-refractivity contribution in [2.45, 2.75) is 0 Å². The van der Waals surface area contributed by atoms with Gasteiger partial charge in [-0.1, -0.05) is 231 Å². The maximum absolute atomic E-state index is 2.67. The third kappa shape index (κ3) is 7.62. The smallest absolute Gasteiger partial charge is 0.264 e. The summed E-state index contributed by atoms with van der Waals surface area (Å²) in [5, 5.41) is 0. The van der Waals surface area contributed by atoms with Crippen LogP contribution in [-0.4, -0.2) is 13.4 Å². The highest BCUT2D eigenvalue weighted by Gasteiger charge is 2.54. The van der Waals surface area contributed by atoms with Crippen LogP contribution in [0.2, 0.25) is 0 Å². The minimum absolute atomic E-state index is 0.0768. The first-order valence-electron chi connectivity index (χ1n) is 30.8. The molecule has 14 aromatic rings. The molecule has 0 aliphatic carbocycles. The number of rotatable bonds is 8. The van der Waals surface area contributed by atoms with Crippen LogP contribution in [0.15, 0.2) is 315 Å². The Morgan fingerprint density at radius 3 is 0.753 bits per heavy atom. The Kier molecular flexibility index (Phi) is 11.1. The van der Waals surface area contributed by atoms with Crippen LogP contribution in [0, 0.1) is 0 Å². The molecule has 0 unspecified atom stereocenters. The molecule has 0 saturated heterocycles. The van der Waals surface area contributed by atoms with Gasteiger partial charge in [0.1, 0.15) is 0 Å². The zero-order valence-corrected chi connectivity index (χ0v) is 49.2. The average Bonchev–Trinajstić information content (AvgIpc) is 1.62. The van der Waals surface area contributed by atoms with E-state index in [-0.39, 0.29) is 13.4 Å². The molecule has 0 bridgehead atoms. The molecule has 1 aromatic heterocycles. The van der Waals surface area contributed by atoms with Crippen molar-refractivity contribution < 1.29 is 0 Å². The van der Waals surface area contributed by atoms with Crippen LogP contribution >= 0.6 is 11.3 Å². The van der Waals surface area contributed by atoms with Crippen molar-refractivity contribution in [3.05, 3.63) is 315 Å². The number of anilines is 12. The van der Waals surface area contributed by atoms with Crippen LogP contribution in [-0.2, 0) is 0 Å². The van der Waals surface area contributed by atoms with E-state index in [0.29, 0.717) is 0 Å². The number of hydrogen-bond donors (Lipinski definition) is 0. The molecule has 5 aliphatic rings. The van der Waals surface area contributed by atoms with E-state index in [9.17, 15) is 0 Å². The molecule has 0 saturated carbocycles. The van der Waals surface area contributed by atoms with Crippen LogP contribution in [0.5, 0.6) is 0 Å². The fourth-order valence-electron chi connectivity index (χ4n) is 15.2. The van der Waals surface area contributed by atoms with Crippen molar-refractivity contribution in [3.63, 3.8) is 0 Å². The van der Waals surface area contributed by atoms with Crippen molar-refractivity contribution in [2.75, 3.05) is 19.6 Å². The second-order valence-electron chi connectivity index (χ2n) is 23.9. The van der Waals surface area contributed by atoms with Gasteiger partial charge in [-0.3, -0.25) is 0 Å². The first-order valence-corrected chi connectivity index (χ1v) is 31.6. The average molecular weight is 1150 g/mol. The number of para-hydroxylation sites is 4. The Morgan fingerprint density at radius 1 is 0.202 bits per heavy atom. The van der Waals surface area contributed by atoms with Gasteiger partial charge in [-0.2, -0.15) is 11.3 Å². The second kappa shape index (κ2) is 19.7. The summed E-state index contributed by atoms with van der Waals surface area (Å²) in [6.07, 6.45) is 0. The zero-order chi connectivity index (χ0) is 58.3. The molecule has 5 aliphatic heterocycles. The van der Waals surface area contributed by atoms with Gasteiger partial charge in [-0.15, -0.1) is 0 Å². The first-order chi connectivity index (χ1) is 44.2. The topological polar surface area (TPSA) is 13.0 Å². The van der Waals surface area contributed by atoms with Gasteiger partial charge >= 0.3 is 0 Å². The summed E-state index contributed by atoms with van der Waals surface area (Å²) in [5.74, 6) is 0. The van der Waals surface area contributed by atoms with Crippen LogP contribution in [0.25, 0.3) is 66.8 Å². The van der Waals surface area contributed by atoms with E-state index in [2.05, 4.69) is 335 Å². The third-order valence-corrected chi connectivity index (χ3v) is 20.3. The highest BCUT2D eigenvalue weighted by molar-refractivity contribution is 7.39. The highest BCUT2D eigenvalue weighted by Crippen LogP contribution is 2.60. The monoisotopic (exact) mass is 1150 g/mol. The van der Waals surface area contributed by atoms with Crippen molar-refractivity contribution in [1.29, 1.82) is 0 Å². The predicted molar refractivity (Wildman–Crippen MR) is 379 cm³/mol. The van der Waals surface area contributed by atoms with E-state index < -0.39 is 0 Å². The molecule has 6 heterocycles. The van der Waals surface area contributed by atoms with Crippen molar-refractivity contribution in [3.8, 4) is 66.8 Å². The minimum atomic E-state index is -0.0768. The number of nitrogens with zero attached hydrogens (tertiary/aromatic N) is 4. The summed E-state index contributed by atoms with van der Waals surface area (Å²) >= 11 is 2.03. The lowest BCUT2D eigenvalue weighted by molar-refractivity contribution is 1.18. The van der Waals surface area contributed by atoms with E-state index in [4.69, 9.17) is 0 Å². The molecule has 0 N–H and O–H groups in total. The van der Waals surface area contributed by atoms with Gasteiger partial charge in [0.25, 0.3) is 13.4 Å². The number of benzene rings is 13. The maximum atomic E-state index is 2.67. The molecule has 13 aromatic carbocycles. The molecule has 0 amide bonds. The van der Waals surface area contributed by atoms with Crippen LogP contribution in [0.4, 0.5) is 68.2 Å².